The Morgan fingerprint density at radius 1 is 1.08 bits per heavy atom. The standard InChI is InChI=1S/C21H24N2O2S/c1-16-7-6-10-20(21(16)26(24,25)23-15-22)19-13-11-18(12-14-19)17-8-4-2-3-5-9-17/h6-7,10-11,13-14,23H,2-5,8-9,12H2,1H3. The second kappa shape index (κ2) is 7.92. The summed E-state index contributed by atoms with van der Waals surface area (Å²) in [4.78, 5) is 0.183. The Morgan fingerprint density at radius 2 is 1.81 bits per heavy atom. The Morgan fingerprint density at radius 3 is 2.42 bits per heavy atom. The van der Waals surface area contributed by atoms with Crippen LogP contribution in [0.25, 0.3) is 5.57 Å². The van der Waals surface area contributed by atoms with Gasteiger partial charge in [0.05, 0.1) is 4.90 Å². The second-order valence-corrected chi connectivity index (χ2v) is 8.53. The predicted molar refractivity (Wildman–Crippen MR) is 104 cm³/mol. The fourth-order valence-electron chi connectivity index (χ4n) is 3.83. The molecule has 1 saturated carbocycles. The van der Waals surface area contributed by atoms with E-state index < -0.39 is 10.0 Å². The molecule has 1 fully saturated rings. The number of rotatable bonds is 3. The molecule has 1 aromatic rings. The van der Waals surface area contributed by atoms with E-state index in [4.69, 9.17) is 5.26 Å². The van der Waals surface area contributed by atoms with Gasteiger partial charge in [0.1, 0.15) is 0 Å². The van der Waals surface area contributed by atoms with Crippen LogP contribution in [0, 0.1) is 18.4 Å². The molecule has 136 valence electrons. The van der Waals surface area contributed by atoms with Gasteiger partial charge in [-0.3, -0.25) is 0 Å². The van der Waals surface area contributed by atoms with Gasteiger partial charge in [-0.1, -0.05) is 54.8 Å². The first kappa shape index (κ1) is 18.5. The van der Waals surface area contributed by atoms with Crippen molar-refractivity contribution in [2.75, 3.05) is 0 Å². The molecule has 4 nitrogen and oxygen atoms in total. The average Bonchev–Trinajstić information content (AvgIpc) is 2.91. The lowest BCUT2D eigenvalue weighted by molar-refractivity contribution is 0.590. The highest BCUT2D eigenvalue weighted by molar-refractivity contribution is 7.89. The van der Waals surface area contributed by atoms with Gasteiger partial charge in [0.2, 0.25) is 0 Å². The Hall–Kier alpha value is -2.32. The molecule has 2 aliphatic carbocycles. The first-order chi connectivity index (χ1) is 12.5. The number of hydrogen-bond acceptors (Lipinski definition) is 3. The molecular weight excluding hydrogens is 344 g/mol. The van der Waals surface area contributed by atoms with Gasteiger partial charge < -0.3 is 0 Å². The minimum absolute atomic E-state index is 0.183. The second-order valence-electron chi connectivity index (χ2n) is 6.91. The summed E-state index contributed by atoms with van der Waals surface area (Å²) in [5, 5.41) is 8.78. The first-order valence-electron chi connectivity index (χ1n) is 9.13. The van der Waals surface area contributed by atoms with Gasteiger partial charge in [-0.15, -0.1) is 0 Å². The largest absolute Gasteiger partial charge is 0.270 e. The maximum atomic E-state index is 12.5. The summed E-state index contributed by atoms with van der Waals surface area (Å²) in [6.45, 7) is 1.75. The summed E-state index contributed by atoms with van der Waals surface area (Å²) in [5.41, 5.74) is 5.10. The molecule has 0 unspecified atom stereocenters. The van der Waals surface area contributed by atoms with Crippen molar-refractivity contribution < 1.29 is 8.42 Å². The van der Waals surface area contributed by atoms with E-state index in [2.05, 4.69) is 12.2 Å². The fraction of sp³-hybridized carbons (Fsp3) is 0.381. The van der Waals surface area contributed by atoms with Gasteiger partial charge in [-0.05, 0) is 55.7 Å². The molecule has 0 heterocycles. The highest BCUT2D eigenvalue weighted by Crippen LogP contribution is 2.34. The number of nitriles is 1. The molecule has 26 heavy (non-hydrogen) atoms. The predicted octanol–water partition coefficient (Wildman–Crippen LogP) is 4.75. The van der Waals surface area contributed by atoms with E-state index in [1.165, 1.54) is 50.3 Å². The SMILES string of the molecule is Cc1cccc(C2=CCC(=C3CCCCCC3)C=C2)c1S(=O)(=O)NC#N. The minimum Gasteiger partial charge on any atom is -0.215 e. The summed E-state index contributed by atoms with van der Waals surface area (Å²) in [7, 11) is -3.86. The van der Waals surface area contributed by atoms with Crippen LogP contribution in [-0.4, -0.2) is 8.42 Å². The molecule has 5 heteroatoms. The third kappa shape index (κ3) is 3.91. The van der Waals surface area contributed by atoms with Crippen LogP contribution in [0.5, 0.6) is 0 Å². The number of sulfonamides is 1. The van der Waals surface area contributed by atoms with E-state index >= 15 is 0 Å². The molecular formula is C21H24N2O2S. The van der Waals surface area contributed by atoms with Crippen LogP contribution in [-0.2, 0) is 10.0 Å². The zero-order valence-corrected chi connectivity index (χ0v) is 15.9. The monoisotopic (exact) mass is 368 g/mol. The van der Waals surface area contributed by atoms with Crippen molar-refractivity contribution in [3.8, 4) is 6.19 Å². The topological polar surface area (TPSA) is 70.0 Å². The Labute approximate surface area is 156 Å². The lowest BCUT2D eigenvalue weighted by Gasteiger charge is -2.17. The molecule has 2 aliphatic rings. The lowest BCUT2D eigenvalue weighted by Crippen LogP contribution is -2.20. The van der Waals surface area contributed by atoms with E-state index in [1.54, 1.807) is 24.6 Å². The van der Waals surface area contributed by atoms with Crippen molar-refractivity contribution in [2.24, 2.45) is 0 Å². The summed E-state index contributed by atoms with van der Waals surface area (Å²) < 4.78 is 26.9. The van der Waals surface area contributed by atoms with Crippen LogP contribution in [0.2, 0.25) is 0 Å². The Bertz CT molecular complexity index is 921. The van der Waals surface area contributed by atoms with Crippen molar-refractivity contribution in [2.45, 2.75) is 56.8 Å². The quantitative estimate of drug-likeness (QED) is 0.475. The fourth-order valence-corrected chi connectivity index (χ4v) is 5.02. The number of allylic oxidation sites excluding steroid dienone is 6. The van der Waals surface area contributed by atoms with Gasteiger partial charge >= 0.3 is 0 Å². The minimum atomic E-state index is -3.86. The molecule has 0 amide bonds. The van der Waals surface area contributed by atoms with Crippen LogP contribution in [0.15, 0.2) is 52.5 Å². The molecule has 0 spiro atoms. The van der Waals surface area contributed by atoms with Crippen LogP contribution >= 0.6 is 0 Å². The summed E-state index contributed by atoms with van der Waals surface area (Å²) in [6.07, 6.45) is 16.2. The molecule has 0 saturated heterocycles. The highest BCUT2D eigenvalue weighted by Gasteiger charge is 2.22. The number of hydrogen-bond donors (Lipinski definition) is 1. The van der Waals surface area contributed by atoms with E-state index in [-0.39, 0.29) is 4.90 Å². The molecule has 0 aliphatic heterocycles. The van der Waals surface area contributed by atoms with Gasteiger partial charge in [-0.25, -0.2) is 13.1 Å². The van der Waals surface area contributed by atoms with E-state index in [0.717, 1.165) is 12.0 Å². The van der Waals surface area contributed by atoms with Crippen molar-refractivity contribution in [1.29, 1.82) is 5.26 Å². The van der Waals surface area contributed by atoms with Crippen LogP contribution in [0.4, 0.5) is 0 Å². The summed E-state index contributed by atoms with van der Waals surface area (Å²) in [5.74, 6) is 0. The van der Waals surface area contributed by atoms with E-state index in [9.17, 15) is 8.42 Å². The van der Waals surface area contributed by atoms with Crippen molar-refractivity contribution in [3.05, 3.63) is 58.7 Å². The third-order valence-electron chi connectivity index (χ3n) is 5.14. The van der Waals surface area contributed by atoms with Gasteiger partial charge in [0.25, 0.3) is 10.0 Å². The molecule has 0 atom stereocenters. The summed E-state index contributed by atoms with van der Waals surface area (Å²) in [6, 6.07) is 5.41. The zero-order chi connectivity index (χ0) is 18.6. The molecule has 0 aromatic heterocycles. The average molecular weight is 369 g/mol. The van der Waals surface area contributed by atoms with E-state index in [0.29, 0.717) is 11.1 Å². The Balaban J connectivity index is 1.95. The van der Waals surface area contributed by atoms with Crippen LogP contribution in [0.1, 0.15) is 56.1 Å². The lowest BCUT2D eigenvalue weighted by atomic mass is 9.91. The van der Waals surface area contributed by atoms with Crippen molar-refractivity contribution >= 4 is 15.6 Å². The van der Waals surface area contributed by atoms with Gasteiger partial charge in [0.15, 0.2) is 6.19 Å². The van der Waals surface area contributed by atoms with Gasteiger partial charge in [0, 0.05) is 5.56 Å². The van der Waals surface area contributed by atoms with Crippen LogP contribution < -0.4 is 4.72 Å². The third-order valence-corrected chi connectivity index (χ3v) is 6.58. The van der Waals surface area contributed by atoms with Crippen molar-refractivity contribution in [3.63, 3.8) is 0 Å². The number of aryl methyl sites for hydroxylation is 1. The molecule has 3 rings (SSSR count). The van der Waals surface area contributed by atoms with Crippen molar-refractivity contribution in [1.82, 2.24) is 4.72 Å². The molecule has 1 N–H and O–H groups in total. The maximum Gasteiger partial charge on any atom is 0.270 e. The summed E-state index contributed by atoms with van der Waals surface area (Å²) >= 11 is 0. The Kier molecular flexibility index (Phi) is 5.63. The van der Waals surface area contributed by atoms with Crippen LogP contribution in [0.3, 0.4) is 0 Å². The normalized spacial score (nSPS) is 18.1. The molecule has 0 bridgehead atoms. The maximum absolute atomic E-state index is 12.5. The van der Waals surface area contributed by atoms with Gasteiger partial charge in [-0.2, -0.15) is 5.26 Å². The number of benzene rings is 1. The molecule has 0 radical (unpaired) electrons. The number of nitrogens with one attached hydrogen (secondary N) is 1. The first-order valence-corrected chi connectivity index (χ1v) is 10.6. The smallest absolute Gasteiger partial charge is 0.215 e. The highest BCUT2D eigenvalue weighted by atomic mass is 32.2. The van der Waals surface area contributed by atoms with E-state index in [1.807, 2.05) is 16.9 Å². The molecule has 1 aromatic carbocycles. The number of nitrogens with zero attached hydrogens (tertiary/aromatic N) is 1. The zero-order valence-electron chi connectivity index (χ0n) is 15.1.